The van der Waals surface area contributed by atoms with Gasteiger partial charge in [-0.1, -0.05) is 68.3 Å². The zero-order valence-electron chi connectivity index (χ0n) is 17.8. The molecule has 1 atom stereocenters. The monoisotopic (exact) mass is 421 g/mol. The molecule has 0 spiro atoms. The highest BCUT2D eigenvalue weighted by Crippen LogP contribution is 2.15. The first-order valence-corrected chi connectivity index (χ1v) is 10.5. The summed E-state index contributed by atoms with van der Waals surface area (Å²) < 4.78 is 6.54. The summed E-state index contributed by atoms with van der Waals surface area (Å²) in [5.74, 6) is -1.15. The van der Waals surface area contributed by atoms with Crippen molar-refractivity contribution in [2.75, 3.05) is 6.61 Å². The number of aromatic nitrogens is 2. The minimum absolute atomic E-state index is 0.0376. The number of aryl methyl sites for hydroxylation is 1. The molecule has 0 aliphatic carbocycles. The van der Waals surface area contributed by atoms with Gasteiger partial charge in [0.2, 0.25) is 0 Å². The molecule has 162 valence electrons. The number of hydrogen-bond acceptors (Lipinski definition) is 5. The lowest BCUT2D eigenvalue weighted by Crippen LogP contribution is -2.32. The van der Waals surface area contributed by atoms with Crippen molar-refractivity contribution in [2.45, 2.75) is 45.7 Å². The first kappa shape index (κ1) is 22.2. The van der Waals surface area contributed by atoms with Gasteiger partial charge >= 0.3 is 5.97 Å². The van der Waals surface area contributed by atoms with Gasteiger partial charge in [0.05, 0.1) is 11.4 Å². The second kappa shape index (κ2) is 10.5. The van der Waals surface area contributed by atoms with Gasteiger partial charge in [0.15, 0.2) is 12.3 Å². The number of ether oxygens (including phenoxy) is 1. The van der Waals surface area contributed by atoms with E-state index in [-0.39, 0.29) is 17.3 Å². The zero-order valence-corrected chi connectivity index (χ0v) is 17.8. The summed E-state index contributed by atoms with van der Waals surface area (Å²) in [7, 11) is 0. The second-order valence-electron chi connectivity index (χ2n) is 7.41. The molecule has 0 fully saturated rings. The SMILES string of the molecule is CCCCCn1nc(C(=O)OCC(=O)NC(C)c2ccccc2)c2ccccc2c1=O. The normalized spacial score (nSPS) is 11.8. The lowest BCUT2D eigenvalue weighted by Gasteiger charge is -2.14. The number of rotatable bonds is 9. The fourth-order valence-corrected chi connectivity index (χ4v) is 3.36. The summed E-state index contributed by atoms with van der Waals surface area (Å²) in [4.78, 5) is 37.7. The van der Waals surface area contributed by atoms with Gasteiger partial charge in [0.25, 0.3) is 11.5 Å². The summed E-state index contributed by atoms with van der Waals surface area (Å²) in [6.07, 6.45) is 2.75. The van der Waals surface area contributed by atoms with E-state index in [2.05, 4.69) is 17.3 Å². The molecule has 0 saturated carbocycles. The van der Waals surface area contributed by atoms with E-state index in [1.165, 1.54) is 4.68 Å². The van der Waals surface area contributed by atoms with Crippen LogP contribution in [-0.4, -0.2) is 28.3 Å². The lowest BCUT2D eigenvalue weighted by molar-refractivity contribution is -0.124. The molecular formula is C24H27N3O4. The number of nitrogens with zero attached hydrogens (tertiary/aromatic N) is 2. The molecular weight excluding hydrogens is 394 g/mol. The molecule has 0 aliphatic rings. The van der Waals surface area contributed by atoms with Crippen LogP contribution in [0.15, 0.2) is 59.4 Å². The first-order valence-electron chi connectivity index (χ1n) is 10.5. The van der Waals surface area contributed by atoms with E-state index in [1.54, 1.807) is 24.3 Å². The Kier molecular flexibility index (Phi) is 7.54. The number of nitrogens with one attached hydrogen (secondary N) is 1. The molecule has 1 amide bonds. The Morgan fingerprint density at radius 1 is 1.03 bits per heavy atom. The van der Waals surface area contributed by atoms with Crippen molar-refractivity contribution in [3.05, 3.63) is 76.2 Å². The fourth-order valence-electron chi connectivity index (χ4n) is 3.36. The highest BCUT2D eigenvalue weighted by atomic mass is 16.5. The number of hydrogen-bond donors (Lipinski definition) is 1. The third kappa shape index (κ3) is 5.57. The molecule has 7 nitrogen and oxygen atoms in total. The van der Waals surface area contributed by atoms with E-state index in [0.29, 0.717) is 17.3 Å². The number of fused-ring (bicyclic) bond motifs is 1. The van der Waals surface area contributed by atoms with Gasteiger partial charge in [-0.3, -0.25) is 9.59 Å². The maximum atomic E-state index is 12.7. The number of unbranched alkanes of at least 4 members (excludes halogenated alkanes) is 2. The number of carbonyl (C=O) groups is 2. The molecule has 2 aromatic carbocycles. The molecule has 3 aromatic rings. The van der Waals surface area contributed by atoms with Crippen LogP contribution in [0.2, 0.25) is 0 Å². The third-order valence-electron chi connectivity index (χ3n) is 5.05. The van der Waals surface area contributed by atoms with Gasteiger partial charge in [0.1, 0.15) is 0 Å². The zero-order chi connectivity index (χ0) is 22.2. The van der Waals surface area contributed by atoms with Crippen molar-refractivity contribution < 1.29 is 14.3 Å². The Hall–Kier alpha value is -3.48. The molecule has 0 saturated heterocycles. The van der Waals surface area contributed by atoms with Crippen molar-refractivity contribution in [1.29, 1.82) is 0 Å². The summed E-state index contributed by atoms with van der Waals surface area (Å²) >= 11 is 0. The summed E-state index contributed by atoms with van der Waals surface area (Å²) in [6.45, 7) is 3.92. The maximum absolute atomic E-state index is 12.7. The van der Waals surface area contributed by atoms with Crippen LogP contribution in [0.4, 0.5) is 0 Å². The van der Waals surface area contributed by atoms with E-state index in [0.717, 1.165) is 24.8 Å². The summed E-state index contributed by atoms with van der Waals surface area (Å²) in [5, 5.41) is 7.88. The van der Waals surface area contributed by atoms with Crippen molar-refractivity contribution in [1.82, 2.24) is 15.1 Å². The average Bonchev–Trinajstić information content (AvgIpc) is 2.79. The van der Waals surface area contributed by atoms with Crippen LogP contribution >= 0.6 is 0 Å². The third-order valence-corrected chi connectivity index (χ3v) is 5.05. The van der Waals surface area contributed by atoms with Crippen LogP contribution in [0.1, 0.15) is 55.2 Å². The van der Waals surface area contributed by atoms with Gasteiger partial charge in [-0.15, -0.1) is 0 Å². The Morgan fingerprint density at radius 3 is 2.42 bits per heavy atom. The Balaban J connectivity index is 1.73. The number of carbonyl (C=O) groups excluding carboxylic acids is 2. The predicted molar refractivity (Wildman–Crippen MR) is 119 cm³/mol. The molecule has 0 bridgehead atoms. The largest absolute Gasteiger partial charge is 0.451 e. The standard InChI is InChI=1S/C24H27N3O4/c1-3-4-10-15-27-23(29)20-14-9-8-13-19(20)22(26-27)24(30)31-16-21(28)25-17(2)18-11-6-5-7-12-18/h5-9,11-14,17H,3-4,10,15-16H2,1-2H3,(H,25,28). The van der Waals surface area contributed by atoms with Gasteiger partial charge in [0, 0.05) is 11.9 Å². The van der Waals surface area contributed by atoms with Crippen molar-refractivity contribution in [3.8, 4) is 0 Å². The quantitative estimate of drug-likeness (QED) is 0.421. The average molecular weight is 421 g/mol. The Labute approximate surface area is 181 Å². The number of amides is 1. The van der Waals surface area contributed by atoms with Crippen LogP contribution in [0.3, 0.4) is 0 Å². The van der Waals surface area contributed by atoms with Crippen molar-refractivity contribution in [3.63, 3.8) is 0 Å². The van der Waals surface area contributed by atoms with Crippen LogP contribution < -0.4 is 10.9 Å². The van der Waals surface area contributed by atoms with Gasteiger partial charge in [-0.25, -0.2) is 9.48 Å². The minimum atomic E-state index is -0.733. The molecule has 1 N–H and O–H groups in total. The van der Waals surface area contributed by atoms with E-state index in [1.807, 2.05) is 37.3 Å². The van der Waals surface area contributed by atoms with E-state index >= 15 is 0 Å². The van der Waals surface area contributed by atoms with E-state index in [9.17, 15) is 14.4 Å². The highest BCUT2D eigenvalue weighted by molar-refractivity contribution is 6.02. The molecule has 0 aliphatic heterocycles. The van der Waals surface area contributed by atoms with Crippen LogP contribution in [-0.2, 0) is 16.1 Å². The van der Waals surface area contributed by atoms with Crippen LogP contribution in [0, 0.1) is 0 Å². The second-order valence-corrected chi connectivity index (χ2v) is 7.41. The molecule has 1 aromatic heterocycles. The Bertz CT molecular complexity index is 1110. The molecule has 0 radical (unpaired) electrons. The number of benzene rings is 2. The highest BCUT2D eigenvalue weighted by Gasteiger charge is 2.19. The fraction of sp³-hybridized carbons (Fsp3) is 0.333. The number of esters is 1. The Morgan fingerprint density at radius 2 is 1.71 bits per heavy atom. The maximum Gasteiger partial charge on any atom is 0.359 e. The summed E-state index contributed by atoms with van der Waals surface area (Å²) in [6, 6.07) is 16.1. The lowest BCUT2D eigenvalue weighted by atomic mass is 10.1. The first-order chi connectivity index (χ1) is 15.0. The van der Waals surface area contributed by atoms with Gasteiger partial charge in [-0.05, 0) is 25.0 Å². The minimum Gasteiger partial charge on any atom is -0.451 e. The molecule has 1 heterocycles. The van der Waals surface area contributed by atoms with Gasteiger partial charge in [-0.2, -0.15) is 5.10 Å². The topological polar surface area (TPSA) is 90.3 Å². The van der Waals surface area contributed by atoms with Crippen LogP contribution in [0.5, 0.6) is 0 Å². The molecule has 7 heteroatoms. The molecule has 3 rings (SSSR count). The van der Waals surface area contributed by atoms with Gasteiger partial charge < -0.3 is 10.1 Å². The summed E-state index contributed by atoms with van der Waals surface area (Å²) in [5.41, 5.74) is 0.752. The molecule has 31 heavy (non-hydrogen) atoms. The van der Waals surface area contributed by atoms with Crippen LogP contribution in [0.25, 0.3) is 10.8 Å². The smallest absolute Gasteiger partial charge is 0.359 e. The van der Waals surface area contributed by atoms with Crippen molar-refractivity contribution in [2.24, 2.45) is 0 Å². The van der Waals surface area contributed by atoms with Crippen molar-refractivity contribution >= 4 is 22.6 Å². The predicted octanol–water partition coefficient (Wildman–Crippen LogP) is 3.62. The molecule has 1 unspecified atom stereocenters. The van der Waals surface area contributed by atoms with E-state index < -0.39 is 18.5 Å². The van der Waals surface area contributed by atoms with E-state index in [4.69, 9.17) is 4.74 Å².